The van der Waals surface area contributed by atoms with Crippen molar-refractivity contribution < 1.29 is 9.53 Å². The van der Waals surface area contributed by atoms with E-state index in [4.69, 9.17) is 0 Å². The molecule has 0 aliphatic carbocycles. The maximum Gasteiger partial charge on any atom is 0.305 e. The van der Waals surface area contributed by atoms with Gasteiger partial charge in [0.15, 0.2) is 0 Å². The molecular weight excluding hydrogens is 212 g/mol. The van der Waals surface area contributed by atoms with Crippen molar-refractivity contribution in [3.05, 3.63) is 24.8 Å². The summed E-state index contributed by atoms with van der Waals surface area (Å²) in [4.78, 5) is 10.8. The summed E-state index contributed by atoms with van der Waals surface area (Å²) in [5.41, 5.74) is 1.28. The van der Waals surface area contributed by atoms with Gasteiger partial charge in [-0.05, 0) is 25.7 Å². The van der Waals surface area contributed by atoms with Crippen molar-refractivity contribution in [3.8, 4) is 0 Å². The van der Waals surface area contributed by atoms with Crippen LogP contribution in [-0.2, 0) is 9.53 Å². The van der Waals surface area contributed by atoms with Crippen molar-refractivity contribution in [1.82, 2.24) is 0 Å². The first kappa shape index (κ1) is 16.0. The number of esters is 1. The van der Waals surface area contributed by atoms with E-state index in [0.717, 1.165) is 25.7 Å². The standard InChI is InChI=1S/C15H26O2/c1-4-11-14(2)12-9-7-5-6-8-10-13-15(16)17-3/h4H,1-2,5-13H2,3H3. The molecule has 17 heavy (non-hydrogen) atoms. The van der Waals surface area contributed by atoms with Gasteiger partial charge in [0.05, 0.1) is 7.11 Å². The fraction of sp³-hybridized carbons (Fsp3) is 0.667. The predicted molar refractivity (Wildman–Crippen MR) is 72.9 cm³/mol. The predicted octanol–water partition coefficient (Wildman–Crippen LogP) is 4.41. The van der Waals surface area contributed by atoms with E-state index in [1.165, 1.54) is 38.4 Å². The number of allylic oxidation sites excluding steroid dienone is 2. The molecule has 0 rings (SSSR count). The van der Waals surface area contributed by atoms with Gasteiger partial charge in [-0.1, -0.05) is 43.9 Å². The maximum atomic E-state index is 10.8. The van der Waals surface area contributed by atoms with Gasteiger partial charge in [-0.3, -0.25) is 4.79 Å². The highest BCUT2D eigenvalue weighted by molar-refractivity contribution is 5.68. The van der Waals surface area contributed by atoms with Crippen LogP contribution in [0.3, 0.4) is 0 Å². The largest absolute Gasteiger partial charge is 0.469 e. The molecule has 0 radical (unpaired) electrons. The second-order valence-corrected chi connectivity index (χ2v) is 4.44. The minimum atomic E-state index is -0.0919. The van der Waals surface area contributed by atoms with Crippen LogP contribution >= 0.6 is 0 Å². The van der Waals surface area contributed by atoms with E-state index in [1.807, 2.05) is 6.08 Å². The minimum Gasteiger partial charge on any atom is -0.469 e. The van der Waals surface area contributed by atoms with E-state index in [0.29, 0.717) is 6.42 Å². The molecule has 0 aromatic rings. The highest BCUT2D eigenvalue weighted by Gasteiger charge is 1.99. The van der Waals surface area contributed by atoms with Crippen molar-refractivity contribution in [3.63, 3.8) is 0 Å². The summed E-state index contributed by atoms with van der Waals surface area (Å²) in [6, 6.07) is 0. The zero-order valence-electron chi connectivity index (χ0n) is 11.2. The Labute approximate surface area is 106 Å². The van der Waals surface area contributed by atoms with E-state index >= 15 is 0 Å². The number of unbranched alkanes of at least 4 members (excludes halogenated alkanes) is 5. The van der Waals surface area contributed by atoms with Gasteiger partial charge in [-0.15, -0.1) is 6.58 Å². The molecular formula is C15H26O2. The molecule has 0 aromatic carbocycles. The Morgan fingerprint density at radius 1 is 1.06 bits per heavy atom. The Morgan fingerprint density at radius 3 is 2.12 bits per heavy atom. The summed E-state index contributed by atoms with van der Waals surface area (Å²) < 4.78 is 4.59. The molecule has 0 aliphatic rings. The quantitative estimate of drug-likeness (QED) is 0.303. The maximum absolute atomic E-state index is 10.8. The molecule has 0 saturated carbocycles. The number of methoxy groups -OCH3 is 1. The molecule has 2 heteroatoms. The zero-order chi connectivity index (χ0) is 12.9. The van der Waals surface area contributed by atoms with Gasteiger partial charge in [0, 0.05) is 6.42 Å². The first-order chi connectivity index (χ1) is 8.20. The number of rotatable bonds is 11. The molecule has 98 valence electrons. The van der Waals surface area contributed by atoms with Crippen LogP contribution in [0, 0.1) is 0 Å². The Kier molecular flexibility index (Phi) is 10.7. The van der Waals surface area contributed by atoms with Gasteiger partial charge < -0.3 is 4.74 Å². The van der Waals surface area contributed by atoms with Crippen LogP contribution in [-0.4, -0.2) is 13.1 Å². The summed E-state index contributed by atoms with van der Waals surface area (Å²) in [5, 5.41) is 0. The van der Waals surface area contributed by atoms with Crippen molar-refractivity contribution >= 4 is 5.97 Å². The third kappa shape index (κ3) is 11.2. The molecule has 0 fully saturated rings. The molecule has 0 amide bonds. The van der Waals surface area contributed by atoms with Crippen LogP contribution in [0.15, 0.2) is 24.8 Å². The summed E-state index contributed by atoms with van der Waals surface area (Å²) >= 11 is 0. The number of ether oxygens (including phenoxy) is 1. The molecule has 2 nitrogen and oxygen atoms in total. The van der Waals surface area contributed by atoms with E-state index in [1.54, 1.807) is 0 Å². The minimum absolute atomic E-state index is 0.0919. The lowest BCUT2D eigenvalue weighted by molar-refractivity contribution is -0.140. The van der Waals surface area contributed by atoms with Gasteiger partial charge in [-0.25, -0.2) is 0 Å². The molecule has 0 bridgehead atoms. The van der Waals surface area contributed by atoms with E-state index in [-0.39, 0.29) is 5.97 Å². The summed E-state index contributed by atoms with van der Waals surface area (Å²) in [5.74, 6) is -0.0919. The van der Waals surface area contributed by atoms with Gasteiger partial charge in [0.2, 0.25) is 0 Å². The average Bonchev–Trinajstić information content (AvgIpc) is 2.32. The van der Waals surface area contributed by atoms with Crippen LogP contribution in [0.1, 0.15) is 57.8 Å². The Hall–Kier alpha value is -1.05. The smallest absolute Gasteiger partial charge is 0.305 e. The number of carbonyl (C=O) groups is 1. The lowest BCUT2D eigenvalue weighted by Crippen LogP contribution is -1.99. The highest BCUT2D eigenvalue weighted by atomic mass is 16.5. The third-order valence-corrected chi connectivity index (χ3v) is 2.82. The third-order valence-electron chi connectivity index (χ3n) is 2.82. The van der Waals surface area contributed by atoms with Crippen molar-refractivity contribution in [2.45, 2.75) is 57.8 Å². The lowest BCUT2D eigenvalue weighted by atomic mass is 10.0. The molecule has 0 N–H and O–H groups in total. The fourth-order valence-corrected chi connectivity index (χ4v) is 1.76. The first-order valence-electron chi connectivity index (χ1n) is 6.55. The number of carbonyl (C=O) groups excluding carboxylic acids is 1. The molecule has 0 aliphatic heterocycles. The van der Waals surface area contributed by atoms with Crippen molar-refractivity contribution in [2.75, 3.05) is 7.11 Å². The van der Waals surface area contributed by atoms with Gasteiger partial charge in [0.1, 0.15) is 0 Å². The second kappa shape index (κ2) is 11.4. The molecule has 0 atom stereocenters. The highest BCUT2D eigenvalue weighted by Crippen LogP contribution is 2.13. The van der Waals surface area contributed by atoms with Crippen molar-refractivity contribution in [2.24, 2.45) is 0 Å². The van der Waals surface area contributed by atoms with Crippen LogP contribution in [0.5, 0.6) is 0 Å². The SMILES string of the molecule is C=CCC(=C)CCCCCCCCC(=O)OC. The monoisotopic (exact) mass is 238 g/mol. The summed E-state index contributed by atoms with van der Waals surface area (Å²) in [6.07, 6.45) is 11.6. The van der Waals surface area contributed by atoms with E-state index in [9.17, 15) is 4.79 Å². The average molecular weight is 238 g/mol. The van der Waals surface area contributed by atoms with Crippen LogP contribution in [0.2, 0.25) is 0 Å². The van der Waals surface area contributed by atoms with Crippen LogP contribution in [0.4, 0.5) is 0 Å². The summed E-state index contributed by atoms with van der Waals surface area (Å²) in [7, 11) is 1.44. The Balaban J connectivity index is 3.16. The molecule has 0 heterocycles. The lowest BCUT2D eigenvalue weighted by Gasteiger charge is -2.03. The normalized spacial score (nSPS) is 9.94. The topological polar surface area (TPSA) is 26.3 Å². The van der Waals surface area contributed by atoms with Gasteiger partial charge in [-0.2, -0.15) is 0 Å². The second-order valence-electron chi connectivity index (χ2n) is 4.44. The fourth-order valence-electron chi connectivity index (χ4n) is 1.76. The molecule has 0 unspecified atom stereocenters. The van der Waals surface area contributed by atoms with Gasteiger partial charge in [0.25, 0.3) is 0 Å². The van der Waals surface area contributed by atoms with E-state index in [2.05, 4.69) is 17.9 Å². The van der Waals surface area contributed by atoms with E-state index < -0.39 is 0 Å². The van der Waals surface area contributed by atoms with Crippen LogP contribution < -0.4 is 0 Å². The Bertz CT molecular complexity index is 231. The first-order valence-corrected chi connectivity index (χ1v) is 6.55. The zero-order valence-corrected chi connectivity index (χ0v) is 11.2. The molecule has 0 saturated heterocycles. The van der Waals surface area contributed by atoms with Crippen molar-refractivity contribution in [1.29, 1.82) is 0 Å². The number of hydrogen-bond acceptors (Lipinski definition) is 2. The summed E-state index contributed by atoms with van der Waals surface area (Å²) in [6.45, 7) is 7.70. The van der Waals surface area contributed by atoms with Crippen LogP contribution in [0.25, 0.3) is 0 Å². The molecule has 0 spiro atoms. The van der Waals surface area contributed by atoms with Gasteiger partial charge >= 0.3 is 5.97 Å². The number of hydrogen-bond donors (Lipinski definition) is 0. The Morgan fingerprint density at radius 2 is 1.59 bits per heavy atom. The molecule has 0 aromatic heterocycles.